The lowest BCUT2D eigenvalue weighted by atomic mass is 9.66. The molecule has 268 valence electrons. The zero-order valence-electron chi connectivity index (χ0n) is 29.6. The second kappa shape index (κ2) is 14.7. The Bertz CT molecular complexity index is 1750. The largest absolute Gasteiger partial charge is 0.497 e. The molecule has 3 aromatic carbocycles. The summed E-state index contributed by atoms with van der Waals surface area (Å²) in [6.45, 7) is 12.1. The van der Waals surface area contributed by atoms with Crippen molar-refractivity contribution in [2.75, 3.05) is 43.2 Å². The lowest BCUT2D eigenvalue weighted by Gasteiger charge is -2.39. The van der Waals surface area contributed by atoms with Gasteiger partial charge in [0.1, 0.15) is 23.1 Å². The van der Waals surface area contributed by atoms with Crippen LogP contribution in [0.5, 0.6) is 11.5 Å². The SMILES string of the molecule is C=CCN(C(=O)C1N([C@@H](CO)Cc2ccccc2)C(=O)[C@@H]2[C@H](C(=O)N(CC=C)c3ccc(OCC)cc3)[C@]3(C)CCC12O3)c1ccc(OC)cc1. The van der Waals surface area contributed by atoms with Crippen LogP contribution in [0.15, 0.2) is 104 Å². The maximum atomic E-state index is 15.1. The molecule has 0 aliphatic carbocycles. The number of rotatable bonds is 15. The summed E-state index contributed by atoms with van der Waals surface area (Å²) in [6.07, 6.45) is 4.47. The van der Waals surface area contributed by atoms with Crippen LogP contribution in [0.25, 0.3) is 0 Å². The topological polar surface area (TPSA) is 109 Å². The van der Waals surface area contributed by atoms with Crippen molar-refractivity contribution in [3.05, 3.63) is 110 Å². The number of aliphatic hydroxyl groups is 1. The van der Waals surface area contributed by atoms with Crippen LogP contribution in [0.4, 0.5) is 11.4 Å². The highest BCUT2D eigenvalue weighted by Crippen LogP contribution is 2.64. The van der Waals surface area contributed by atoms with Gasteiger partial charge in [-0.05, 0) is 87.2 Å². The van der Waals surface area contributed by atoms with Crippen LogP contribution in [0.3, 0.4) is 0 Å². The van der Waals surface area contributed by atoms with E-state index in [1.807, 2.05) is 68.4 Å². The maximum Gasteiger partial charge on any atom is 0.253 e. The molecule has 1 N–H and O–H groups in total. The van der Waals surface area contributed by atoms with Gasteiger partial charge < -0.3 is 34.0 Å². The van der Waals surface area contributed by atoms with Gasteiger partial charge in [-0.2, -0.15) is 0 Å². The van der Waals surface area contributed by atoms with Gasteiger partial charge in [-0.25, -0.2) is 0 Å². The molecule has 51 heavy (non-hydrogen) atoms. The molecule has 10 heteroatoms. The van der Waals surface area contributed by atoms with Crippen LogP contribution in [0, 0.1) is 11.8 Å². The monoisotopic (exact) mass is 693 g/mol. The Morgan fingerprint density at radius 1 is 0.941 bits per heavy atom. The van der Waals surface area contributed by atoms with Gasteiger partial charge >= 0.3 is 0 Å². The molecule has 0 saturated carbocycles. The number of nitrogens with zero attached hydrogens (tertiary/aromatic N) is 3. The molecule has 3 aromatic rings. The van der Waals surface area contributed by atoms with Crippen molar-refractivity contribution in [3.8, 4) is 11.5 Å². The smallest absolute Gasteiger partial charge is 0.253 e. The molecule has 6 atom stereocenters. The maximum absolute atomic E-state index is 15.1. The highest BCUT2D eigenvalue weighted by atomic mass is 16.5. The first kappa shape index (κ1) is 35.9. The zero-order chi connectivity index (χ0) is 36.3. The molecule has 2 bridgehead atoms. The van der Waals surface area contributed by atoms with Crippen LogP contribution in [0.2, 0.25) is 0 Å². The van der Waals surface area contributed by atoms with Crippen molar-refractivity contribution >= 4 is 29.1 Å². The van der Waals surface area contributed by atoms with Gasteiger partial charge in [0.15, 0.2) is 0 Å². The number of likely N-dealkylation sites (tertiary alicyclic amines) is 1. The van der Waals surface area contributed by atoms with E-state index in [4.69, 9.17) is 14.2 Å². The van der Waals surface area contributed by atoms with E-state index in [0.717, 1.165) is 5.56 Å². The lowest BCUT2D eigenvalue weighted by molar-refractivity contribution is -0.148. The first-order chi connectivity index (χ1) is 24.7. The molecule has 3 amide bonds. The Labute approximate surface area is 299 Å². The van der Waals surface area contributed by atoms with Crippen molar-refractivity contribution in [1.29, 1.82) is 0 Å². The summed E-state index contributed by atoms with van der Waals surface area (Å²) in [4.78, 5) is 49.8. The number of aliphatic hydroxyl groups excluding tert-OH is 1. The van der Waals surface area contributed by atoms with Gasteiger partial charge in [0.2, 0.25) is 11.8 Å². The average Bonchev–Trinajstić information content (AvgIpc) is 3.72. The molecule has 1 spiro atoms. The third kappa shape index (κ3) is 6.31. The van der Waals surface area contributed by atoms with Gasteiger partial charge in [0.05, 0.1) is 43.8 Å². The second-order valence-electron chi connectivity index (χ2n) is 13.6. The van der Waals surface area contributed by atoms with Crippen molar-refractivity contribution in [3.63, 3.8) is 0 Å². The number of ether oxygens (including phenoxy) is 3. The number of methoxy groups -OCH3 is 1. The van der Waals surface area contributed by atoms with E-state index in [1.165, 1.54) is 4.90 Å². The average molecular weight is 694 g/mol. The van der Waals surface area contributed by atoms with Gasteiger partial charge in [-0.1, -0.05) is 42.5 Å². The zero-order valence-corrected chi connectivity index (χ0v) is 29.6. The van der Waals surface area contributed by atoms with Crippen molar-refractivity contribution in [1.82, 2.24) is 4.90 Å². The number of anilines is 2. The Hall–Kier alpha value is -4.93. The van der Waals surface area contributed by atoms with Gasteiger partial charge in [0.25, 0.3) is 5.91 Å². The van der Waals surface area contributed by atoms with Crippen LogP contribution in [0.1, 0.15) is 32.3 Å². The molecule has 3 heterocycles. The summed E-state index contributed by atoms with van der Waals surface area (Å²) in [7, 11) is 1.57. The quantitative estimate of drug-likeness (QED) is 0.218. The van der Waals surface area contributed by atoms with Crippen LogP contribution in [-0.4, -0.2) is 84.4 Å². The molecule has 0 radical (unpaired) electrons. The molecule has 0 aromatic heterocycles. The molecule has 10 nitrogen and oxygen atoms in total. The van der Waals surface area contributed by atoms with Gasteiger partial charge in [-0.15, -0.1) is 13.2 Å². The minimum absolute atomic E-state index is 0.164. The molecule has 3 fully saturated rings. The summed E-state index contributed by atoms with van der Waals surface area (Å²) < 4.78 is 18.0. The summed E-state index contributed by atoms with van der Waals surface area (Å²) in [6, 6.07) is 22.1. The number of carbonyl (C=O) groups excluding carboxylic acids is 3. The van der Waals surface area contributed by atoms with E-state index >= 15 is 9.59 Å². The van der Waals surface area contributed by atoms with E-state index in [9.17, 15) is 9.90 Å². The number of benzene rings is 3. The first-order valence-electron chi connectivity index (χ1n) is 17.5. The van der Waals surface area contributed by atoms with Crippen molar-refractivity contribution in [2.45, 2.75) is 56.4 Å². The number of fused-ring (bicyclic) bond motifs is 1. The second-order valence-corrected chi connectivity index (χ2v) is 13.6. The third-order valence-electron chi connectivity index (χ3n) is 10.6. The first-order valence-corrected chi connectivity index (χ1v) is 17.5. The number of hydrogen-bond donors (Lipinski definition) is 1. The molecule has 2 unspecified atom stereocenters. The molecular weight excluding hydrogens is 646 g/mol. The fourth-order valence-corrected chi connectivity index (χ4v) is 8.42. The molecule has 3 aliphatic rings. The minimum atomic E-state index is -1.31. The highest BCUT2D eigenvalue weighted by Gasteiger charge is 2.79. The van der Waals surface area contributed by atoms with E-state index < -0.39 is 35.1 Å². The fraction of sp³-hybridized carbons (Fsp3) is 0.390. The Morgan fingerprint density at radius 2 is 1.53 bits per heavy atom. The molecular formula is C41H47N3O7. The van der Waals surface area contributed by atoms with Crippen LogP contribution >= 0.6 is 0 Å². The highest BCUT2D eigenvalue weighted by molar-refractivity contribution is 6.07. The van der Waals surface area contributed by atoms with Crippen molar-refractivity contribution < 1.29 is 33.7 Å². The Kier molecular flexibility index (Phi) is 10.4. The summed E-state index contributed by atoms with van der Waals surface area (Å²) in [5, 5.41) is 10.9. The van der Waals surface area contributed by atoms with Crippen LogP contribution < -0.4 is 19.3 Å². The summed E-state index contributed by atoms with van der Waals surface area (Å²) in [5.41, 5.74) is -0.189. The predicted octanol–water partition coefficient (Wildman–Crippen LogP) is 5.20. The lowest BCUT2D eigenvalue weighted by Crippen LogP contribution is -2.59. The normalized spacial score (nSPS) is 25.2. The number of carbonyl (C=O) groups is 3. The molecule has 3 saturated heterocycles. The Balaban J connectivity index is 1.45. The number of hydrogen-bond acceptors (Lipinski definition) is 7. The summed E-state index contributed by atoms with van der Waals surface area (Å²) >= 11 is 0. The van der Waals surface area contributed by atoms with E-state index in [2.05, 4.69) is 13.2 Å². The third-order valence-corrected chi connectivity index (χ3v) is 10.6. The van der Waals surface area contributed by atoms with E-state index in [0.29, 0.717) is 48.7 Å². The molecule has 6 rings (SSSR count). The predicted molar refractivity (Wildman–Crippen MR) is 196 cm³/mol. The van der Waals surface area contributed by atoms with Gasteiger partial charge in [-0.3, -0.25) is 14.4 Å². The molecule has 3 aliphatic heterocycles. The van der Waals surface area contributed by atoms with Crippen LogP contribution in [-0.2, 0) is 25.5 Å². The van der Waals surface area contributed by atoms with Gasteiger partial charge in [0, 0.05) is 24.5 Å². The minimum Gasteiger partial charge on any atom is -0.497 e. The fourth-order valence-electron chi connectivity index (χ4n) is 8.42. The van der Waals surface area contributed by atoms with Crippen molar-refractivity contribution in [2.24, 2.45) is 11.8 Å². The number of amides is 3. The van der Waals surface area contributed by atoms with E-state index in [1.54, 1.807) is 53.3 Å². The summed E-state index contributed by atoms with van der Waals surface area (Å²) in [5.74, 6) is -1.56. The standard InChI is InChI=1S/C41H47N3O7/c1-6-24-42(29-16-20-33(21-17-29)50-8-3)37(46)34-35-38(47)44(31(27-45)26-28-12-10-9-11-13-28)36(41(35)23-22-40(34,4)51-41)39(48)43(25-7-2)30-14-18-32(49-5)19-15-30/h6-7,9-21,31,34-36,45H,1-2,8,22-27H2,3-5H3/t31-,34-,35+,36?,40+,41?/m1/s1. The Morgan fingerprint density at radius 3 is 2.08 bits per heavy atom. The van der Waals surface area contributed by atoms with E-state index in [-0.39, 0.29) is 37.4 Å².